The van der Waals surface area contributed by atoms with Crippen LogP contribution in [0.3, 0.4) is 0 Å². The molecule has 2 atom stereocenters. The molecule has 0 spiro atoms. The molecule has 9 heteroatoms. The van der Waals surface area contributed by atoms with Crippen LogP contribution in [0.2, 0.25) is 11.5 Å². The Morgan fingerprint density at radius 3 is 2.64 bits per heavy atom. The molecule has 0 bridgehead atoms. The zero-order valence-corrected chi connectivity index (χ0v) is 15.7. The summed E-state index contributed by atoms with van der Waals surface area (Å²) in [6.45, 7) is -7.72. The topological polar surface area (TPSA) is 104 Å². The molecule has 2 aromatic rings. The summed E-state index contributed by atoms with van der Waals surface area (Å²) in [5.41, 5.74) is 0.742. The molecule has 1 aromatic carbocycles. The summed E-state index contributed by atoms with van der Waals surface area (Å²) in [4.78, 5) is 29.1. The van der Waals surface area contributed by atoms with Gasteiger partial charge in [-0.2, -0.15) is 0 Å². The van der Waals surface area contributed by atoms with Crippen LogP contribution in [0.4, 0.5) is 0 Å². The number of carbonyl (C=O) groups is 2. The standard InChI is InChI=1S/C19H23Cl2N3O4/c1-11(2)3-16(18(25)26)23-17(19(27)28)7-15-8-22-10-24(15)9-12-4-13(20)6-14(21)5-12/h4-6,8,10-11,16-17,23H,3,7,9H2,1-2H3,(H,25,26)(H,27,28)/t16?,17-/m0/s1/i1D3,2D3,3D2,11D/hD3. The van der Waals surface area contributed by atoms with Crippen molar-refractivity contribution in [1.29, 1.82) is 2.86 Å². The highest BCUT2D eigenvalue weighted by atomic mass is 35.5. The number of aliphatic carboxylic acids is 2. The quantitative estimate of drug-likeness (QED) is 0.524. The second-order valence-corrected chi connectivity index (χ2v) is 6.59. The van der Waals surface area contributed by atoms with Crippen LogP contribution < -0.4 is 5.31 Å². The molecule has 1 heterocycles. The molecular formula is C19H23Cl2N3O4. The zero-order valence-electron chi connectivity index (χ0n) is 26.2. The summed E-state index contributed by atoms with van der Waals surface area (Å²) in [7, 11) is 0. The van der Waals surface area contributed by atoms with Crippen molar-refractivity contribution in [3.63, 3.8) is 0 Å². The second-order valence-electron chi connectivity index (χ2n) is 5.72. The minimum absolute atomic E-state index is 0.0726. The van der Waals surface area contributed by atoms with Crippen molar-refractivity contribution in [2.75, 3.05) is 0 Å². The molecule has 1 unspecified atom stereocenters. The second kappa shape index (κ2) is 9.91. The third-order valence-corrected chi connectivity index (χ3v) is 4.02. The molecular weight excluding hydrogens is 405 g/mol. The molecule has 0 radical (unpaired) electrons. The lowest BCUT2D eigenvalue weighted by Crippen LogP contribution is -2.49. The van der Waals surface area contributed by atoms with Gasteiger partial charge in [0, 0.05) is 47.2 Å². The number of hydrogen-bond acceptors (Lipinski definition) is 6. The first-order valence-corrected chi connectivity index (χ1v) is 8.53. The summed E-state index contributed by atoms with van der Waals surface area (Å²) < 4.78 is 94.4. The third kappa shape index (κ3) is 6.51. The van der Waals surface area contributed by atoms with E-state index in [1.165, 1.54) is 23.2 Å². The molecule has 1 aromatic heterocycles. The van der Waals surface area contributed by atoms with Gasteiger partial charge in [0.15, 0.2) is 0 Å². The molecule has 0 saturated carbocycles. The fourth-order valence-electron chi connectivity index (χ4n) is 2.43. The molecule has 152 valence electrons. The van der Waals surface area contributed by atoms with Crippen molar-refractivity contribution in [3.8, 4) is 0 Å². The Morgan fingerprint density at radius 2 is 2.00 bits per heavy atom. The molecule has 28 heavy (non-hydrogen) atoms. The van der Waals surface area contributed by atoms with Gasteiger partial charge < -0.3 is 14.8 Å². The summed E-state index contributed by atoms with van der Waals surface area (Å²) in [6.07, 6.45) is -2.04. The van der Waals surface area contributed by atoms with E-state index in [4.69, 9.17) is 39.8 Å². The highest BCUT2D eigenvalue weighted by Gasteiger charge is 2.27. The predicted octanol–water partition coefficient (Wildman–Crippen LogP) is 3.32. The molecule has 0 amide bonds. The highest BCUT2D eigenvalue weighted by Crippen LogP contribution is 2.20. The number of rotatable bonds is 10. The maximum Gasteiger partial charge on any atom is 0.321 e. The largest absolute Gasteiger partial charge is 0.480 e. The molecule has 0 aliphatic heterocycles. The normalized spacial score (nSPS) is 21.4. The van der Waals surface area contributed by atoms with E-state index in [0.717, 1.165) is 0 Å². The van der Waals surface area contributed by atoms with Gasteiger partial charge in [-0.05, 0) is 36.0 Å². The molecule has 0 saturated heterocycles. The first-order valence-electron chi connectivity index (χ1n) is 13.5. The van der Waals surface area contributed by atoms with Crippen LogP contribution in [0.15, 0.2) is 30.7 Å². The molecule has 0 aliphatic carbocycles. The lowest BCUT2D eigenvalue weighted by Gasteiger charge is -2.22. The van der Waals surface area contributed by atoms with Crippen LogP contribution in [-0.2, 0) is 22.6 Å². The number of halogens is 2. The van der Waals surface area contributed by atoms with E-state index in [2.05, 4.69) is 15.2 Å². The smallest absolute Gasteiger partial charge is 0.321 e. The van der Waals surface area contributed by atoms with E-state index in [9.17, 15) is 9.59 Å². The zero-order chi connectivity index (χ0) is 30.8. The number of hydrogen-bond donors (Lipinski definition) is 3. The van der Waals surface area contributed by atoms with Crippen molar-refractivity contribution in [1.82, 2.24) is 14.9 Å². The van der Waals surface area contributed by atoms with E-state index in [1.54, 1.807) is 12.1 Å². The summed E-state index contributed by atoms with van der Waals surface area (Å²) >= 11 is 12.1. The van der Waals surface area contributed by atoms with Gasteiger partial charge in [0.1, 0.15) is 13.5 Å². The first-order chi connectivity index (χ1) is 18.2. The summed E-state index contributed by atoms with van der Waals surface area (Å²) in [6, 6.07) is -0.362. The van der Waals surface area contributed by atoms with Gasteiger partial charge in [-0.1, -0.05) is 36.9 Å². The molecule has 0 aliphatic rings. The minimum atomic E-state index is -4.05. The molecule has 0 fully saturated rings. The van der Waals surface area contributed by atoms with Gasteiger partial charge in [-0.3, -0.25) is 14.9 Å². The number of nitrogens with zero attached hydrogens (tertiary/aromatic N) is 2. The van der Waals surface area contributed by atoms with Gasteiger partial charge in [0.25, 0.3) is 2.86 Å². The minimum Gasteiger partial charge on any atom is -0.480 e. The number of carboxylic acids is 2. The highest BCUT2D eigenvalue weighted by molar-refractivity contribution is 6.34. The average Bonchev–Trinajstić information content (AvgIpc) is 3.25. The lowest BCUT2D eigenvalue weighted by molar-refractivity contribution is -0.142. The number of benzene rings is 1. The SMILES string of the molecule is [2H]OC(=O)C(N([2H])[C@@H](Cc1cncn1Cc1cc(Cl)cc(Cl)c1)C(=O)O[2H])C([2H])([2H])C([2H])(C([2H])([2H])[2H])C([2H])([2H])[2H]. The van der Waals surface area contributed by atoms with Gasteiger partial charge in [-0.15, -0.1) is 0 Å². The number of aromatic nitrogens is 2. The average molecular weight is 440 g/mol. The fraction of sp³-hybridized carbons (Fsp3) is 0.421. The van der Waals surface area contributed by atoms with E-state index < -0.39 is 56.4 Å². The van der Waals surface area contributed by atoms with E-state index >= 15 is 0 Å². The van der Waals surface area contributed by atoms with Crippen molar-refractivity contribution in [3.05, 3.63) is 52.0 Å². The molecule has 2 rings (SSSR count). The molecule has 3 N–H and O–H groups in total. The Kier molecular flexibility index (Phi) is 3.76. The van der Waals surface area contributed by atoms with Gasteiger partial charge in [-0.25, -0.2) is 4.98 Å². The van der Waals surface area contributed by atoms with Crippen LogP contribution in [0.1, 0.15) is 43.7 Å². The Labute approximate surface area is 190 Å². The van der Waals surface area contributed by atoms with Crippen LogP contribution in [0.5, 0.6) is 0 Å². The van der Waals surface area contributed by atoms with E-state index in [1.807, 2.05) is 0 Å². The van der Waals surface area contributed by atoms with Gasteiger partial charge in [0.2, 0.25) is 0 Å². The maximum absolute atomic E-state index is 12.6. The van der Waals surface area contributed by atoms with Crippen LogP contribution in [0, 0.1) is 5.89 Å². The maximum atomic E-state index is 12.6. The Bertz CT molecular complexity index is 1190. The Hall–Kier alpha value is -2.09. The van der Waals surface area contributed by atoms with Gasteiger partial charge >= 0.3 is 11.9 Å². The summed E-state index contributed by atoms with van der Waals surface area (Å²) in [5.74, 6) is -7.56. The Balaban J connectivity index is 2.60. The van der Waals surface area contributed by atoms with Gasteiger partial charge in [0.05, 0.1) is 6.33 Å². The number of nitrogens with one attached hydrogen (secondary N) is 1. The predicted molar refractivity (Wildman–Crippen MR) is 107 cm³/mol. The lowest BCUT2D eigenvalue weighted by atomic mass is 10.0. The van der Waals surface area contributed by atoms with Crippen molar-refractivity contribution in [2.24, 2.45) is 5.89 Å². The summed E-state index contributed by atoms with van der Waals surface area (Å²) in [5, 5.41) is 8.22. The van der Waals surface area contributed by atoms with Crippen LogP contribution in [-0.4, -0.2) is 43.8 Å². The number of imidazole rings is 1. The third-order valence-electron chi connectivity index (χ3n) is 3.58. The first kappa shape index (κ1) is 10.6. The van der Waals surface area contributed by atoms with Crippen molar-refractivity contribution >= 4 is 35.1 Å². The Morgan fingerprint density at radius 1 is 1.32 bits per heavy atom. The van der Waals surface area contributed by atoms with Crippen molar-refractivity contribution in [2.45, 2.75) is 45.1 Å². The number of carboxylic acid groups (broad SMARTS) is 2. The van der Waals surface area contributed by atoms with E-state index in [-0.39, 0.29) is 17.5 Å². The van der Waals surface area contributed by atoms with Crippen LogP contribution >= 0.6 is 23.2 Å². The van der Waals surface area contributed by atoms with Crippen LogP contribution in [0.25, 0.3) is 2.86 Å². The van der Waals surface area contributed by atoms with Crippen molar-refractivity contribution < 1.29 is 33.6 Å². The molecule has 7 nitrogen and oxygen atoms in total. The monoisotopic (exact) mass is 439 g/mol. The fourth-order valence-corrected chi connectivity index (χ4v) is 3.00. The van der Waals surface area contributed by atoms with E-state index in [0.29, 0.717) is 15.6 Å².